The van der Waals surface area contributed by atoms with Gasteiger partial charge in [-0.15, -0.1) is 0 Å². The van der Waals surface area contributed by atoms with Gasteiger partial charge in [-0.2, -0.15) is 0 Å². The van der Waals surface area contributed by atoms with Crippen LogP contribution in [0.2, 0.25) is 0 Å². The van der Waals surface area contributed by atoms with Gasteiger partial charge in [0.2, 0.25) is 5.91 Å². The van der Waals surface area contributed by atoms with Crippen molar-refractivity contribution in [2.45, 2.75) is 26.3 Å². The van der Waals surface area contributed by atoms with Crippen LogP contribution in [-0.4, -0.2) is 43.0 Å². The van der Waals surface area contributed by atoms with E-state index in [4.69, 9.17) is 4.74 Å². The summed E-state index contributed by atoms with van der Waals surface area (Å²) in [7, 11) is 0. The van der Waals surface area contributed by atoms with Crippen molar-refractivity contribution in [3.63, 3.8) is 0 Å². The van der Waals surface area contributed by atoms with E-state index in [2.05, 4.69) is 5.32 Å². The molecule has 0 unspecified atom stereocenters. The molecule has 3 rings (SSSR count). The maximum atomic E-state index is 12.2. The van der Waals surface area contributed by atoms with Crippen molar-refractivity contribution in [3.05, 3.63) is 35.4 Å². The minimum Gasteiger partial charge on any atom is -0.379 e. The quantitative estimate of drug-likeness (QED) is 0.918. The van der Waals surface area contributed by atoms with E-state index < -0.39 is 0 Å². The number of hydrogen-bond donors (Lipinski definition) is 1. The van der Waals surface area contributed by atoms with Gasteiger partial charge in [0.05, 0.1) is 18.6 Å². The van der Waals surface area contributed by atoms with E-state index in [0.717, 1.165) is 37.1 Å². The van der Waals surface area contributed by atoms with Crippen molar-refractivity contribution in [1.29, 1.82) is 0 Å². The summed E-state index contributed by atoms with van der Waals surface area (Å²) in [4.78, 5) is 26.2. The normalized spacial score (nSPS) is 19.6. The summed E-state index contributed by atoms with van der Waals surface area (Å²) < 4.78 is 5.10. The smallest absolute Gasteiger partial charge is 0.253 e. The molecule has 0 atom stereocenters. The van der Waals surface area contributed by atoms with E-state index in [-0.39, 0.29) is 17.2 Å². The highest BCUT2D eigenvalue weighted by Gasteiger charge is 2.40. The van der Waals surface area contributed by atoms with E-state index in [1.807, 2.05) is 36.1 Å². The molecule has 5 heteroatoms. The molecule has 2 saturated heterocycles. The van der Waals surface area contributed by atoms with Gasteiger partial charge in [-0.25, -0.2) is 0 Å². The molecular weight excluding hydrogens is 280 g/mol. The fourth-order valence-corrected chi connectivity index (χ4v) is 2.80. The van der Waals surface area contributed by atoms with Crippen molar-refractivity contribution < 1.29 is 14.3 Å². The minimum atomic E-state index is -0.383. The SMILES string of the molecule is CC1(C(=O)NCc2ccc(C(=O)N3CCCC3)cc2)COC1. The van der Waals surface area contributed by atoms with Crippen LogP contribution in [0, 0.1) is 5.41 Å². The molecule has 1 N–H and O–H groups in total. The lowest BCUT2D eigenvalue weighted by Crippen LogP contribution is -2.51. The molecule has 0 bridgehead atoms. The minimum absolute atomic E-state index is 0.0240. The molecule has 2 aliphatic heterocycles. The van der Waals surface area contributed by atoms with Crippen LogP contribution >= 0.6 is 0 Å². The third-order valence-electron chi connectivity index (χ3n) is 4.44. The zero-order valence-corrected chi connectivity index (χ0v) is 12.9. The van der Waals surface area contributed by atoms with Crippen LogP contribution in [0.25, 0.3) is 0 Å². The standard InChI is InChI=1S/C17H22N2O3/c1-17(11-22-12-17)16(21)18-10-13-4-6-14(7-5-13)15(20)19-8-2-3-9-19/h4-7H,2-3,8-12H2,1H3,(H,18,21). The molecule has 5 nitrogen and oxygen atoms in total. The van der Waals surface area contributed by atoms with Crippen LogP contribution in [0.3, 0.4) is 0 Å². The Bertz CT molecular complexity index is 558. The molecule has 0 aliphatic carbocycles. The molecule has 0 radical (unpaired) electrons. The summed E-state index contributed by atoms with van der Waals surface area (Å²) in [6, 6.07) is 7.50. The predicted molar refractivity (Wildman–Crippen MR) is 82.4 cm³/mol. The first-order valence-corrected chi connectivity index (χ1v) is 7.83. The average Bonchev–Trinajstić information content (AvgIpc) is 3.04. The first kappa shape index (κ1) is 15.0. The molecule has 2 aliphatic rings. The lowest BCUT2D eigenvalue weighted by molar-refractivity contribution is -0.157. The number of nitrogens with zero attached hydrogens (tertiary/aromatic N) is 1. The first-order valence-electron chi connectivity index (χ1n) is 7.83. The molecular formula is C17H22N2O3. The average molecular weight is 302 g/mol. The number of rotatable bonds is 4. The lowest BCUT2D eigenvalue weighted by atomic mass is 9.87. The highest BCUT2D eigenvalue weighted by atomic mass is 16.5. The Morgan fingerprint density at radius 2 is 1.82 bits per heavy atom. The van der Waals surface area contributed by atoms with Gasteiger partial charge in [0.15, 0.2) is 0 Å². The topological polar surface area (TPSA) is 58.6 Å². The number of nitrogens with one attached hydrogen (secondary N) is 1. The number of carbonyl (C=O) groups excluding carboxylic acids is 2. The van der Waals surface area contributed by atoms with Gasteiger partial charge in [-0.1, -0.05) is 12.1 Å². The maximum Gasteiger partial charge on any atom is 0.253 e. The third kappa shape index (κ3) is 2.99. The predicted octanol–water partition coefficient (Wildman–Crippen LogP) is 1.58. The summed E-state index contributed by atoms with van der Waals surface area (Å²) in [6.07, 6.45) is 2.19. The van der Waals surface area contributed by atoms with Crippen molar-refractivity contribution in [2.24, 2.45) is 5.41 Å². The second-order valence-corrected chi connectivity index (χ2v) is 6.43. The Hall–Kier alpha value is -1.88. The van der Waals surface area contributed by atoms with E-state index >= 15 is 0 Å². The summed E-state index contributed by atoms with van der Waals surface area (Å²) in [6.45, 7) is 5.08. The molecule has 2 fully saturated rings. The van der Waals surface area contributed by atoms with E-state index in [1.54, 1.807) is 0 Å². The van der Waals surface area contributed by atoms with Crippen LogP contribution in [-0.2, 0) is 16.1 Å². The van der Waals surface area contributed by atoms with Gasteiger partial charge in [0.25, 0.3) is 5.91 Å². The van der Waals surface area contributed by atoms with Crippen LogP contribution in [0.1, 0.15) is 35.7 Å². The number of amides is 2. The van der Waals surface area contributed by atoms with Gasteiger partial charge < -0.3 is 15.0 Å². The molecule has 2 amide bonds. The van der Waals surface area contributed by atoms with Gasteiger partial charge in [0, 0.05) is 25.2 Å². The maximum absolute atomic E-state index is 12.2. The zero-order valence-electron chi connectivity index (χ0n) is 12.9. The van der Waals surface area contributed by atoms with Gasteiger partial charge in [-0.05, 0) is 37.5 Å². The van der Waals surface area contributed by atoms with Crippen LogP contribution < -0.4 is 5.32 Å². The molecule has 1 aromatic rings. The van der Waals surface area contributed by atoms with Gasteiger partial charge in [-0.3, -0.25) is 9.59 Å². The van der Waals surface area contributed by atoms with Crippen LogP contribution in [0.4, 0.5) is 0 Å². The van der Waals surface area contributed by atoms with E-state index in [9.17, 15) is 9.59 Å². The second kappa shape index (κ2) is 6.08. The fourth-order valence-electron chi connectivity index (χ4n) is 2.80. The van der Waals surface area contributed by atoms with Crippen molar-refractivity contribution in [1.82, 2.24) is 10.2 Å². The molecule has 0 aromatic heterocycles. The zero-order chi connectivity index (χ0) is 15.6. The molecule has 0 spiro atoms. The summed E-state index contributed by atoms with van der Waals surface area (Å²) in [5.74, 6) is 0.128. The number of likely N-dealkylation sites (tertiary alicyclic amines) is 1. The molecule has 1 aromatic carbocycles. The van der Waals surface area contributed by atoms with E-state index in [1.165, 1.54) is 0 Å². The third-order valence-corrected chi connectivity index (χ3v) is 4.44. The summed E-state index contributed by atoms with van der Waals surface area (Å²) in [5.41, 5.74) is 1.33. The number of carbonyl (C=O) groups is 2. The molecule has 2 heterocycles. The molecule has 118 valence electrons. The molecule has 22 heavy (non-hydrogen) atoms. The largest absolute Gasteiger partial charge is 0.379 e. The van der Waals surface area contributed by atoms with Gasteiger partial charge in [0.1, 0.15) is 0 Å². The summed E-state index contributed by atoms with van der Waals surface area (Å²) >= 11 is 0. The van der Waals surface area contributed by atoms with Crippen LogP contribution in [0.5, 0.6) is 0 Å². The monoisotopic (exact) mass is 302 g/mol. The highest BCUT2D eigenvalue weighted by molar-refractivity contribution is 5.94. The molecule has 0 saturated carbocycles. The number of ether oxygens (including phenoxy) is 1. The Morgan fingerprint density at radius 1 is 1.18 bits per heavy atom. The van der Waals surface area contributed by atoms with Crippen molar-refractivity contribution in [3.8, 4) is 0 Å². The van der Waals surface area contributed by atoms with E-state index in [0.29, 0.717) is 19.8 Å². The Kier molecular flexibility index (Phi) is 4.16. The van der Waals surface area contributed by atoms with Crippen molar-refractivity contribution in [2.75, 3.05) is 26.3 Å². The Balaban J connectivity index is 1.55. The number of benzene rings is 1. The lowest BCUT2D eigenvalue weighted by Gasteiger charge is -2.36. The number of hydrogen-bond acceptors (Lipinski definition) is 3. The Morgan fingerprint density at radius 3 is 2.36 bits per heavy atom. The fraction of sp³-hybridized carbons (Fsp3) is 0.529. The van der Waals surface area contributed by atoms with Crippen molar-refractivity contribution >= 4 is 11.8 Å². The first-order chi connectivity index (χ1) is 10.6. The highest BCUT2D eigenvalue weighted by Crippen LogP contribution is 2.26. The van der Waals surface area contributed by atoms with Gasteiger partial charge >= 0.3 is 0 Å². The Labute approximate surface area is 130 Å². The summed E-state index contributed by atoms with van der Waals surface area (Å²) in [5, 5.41) is 2.93. The van der Waals surface area contributed by atoms with Crippen LogP contribution in [0.15, 0.2) is 24.3 Å². The second-order valence-electron chi connectivity index (χ2n) is 6.43.